The maximum atomic E-state index is 12.5. The normalized spacial score (nSPS) is 38.8. The van der Waals surface area contributed by atoms with Crippen LogP contribution >= 0.6 is 0 Å². The summed E-state index contributed by atoms with van der Waals surface area (Å²) in [5.74, 6) is 0.588. The third-order valence-corrected chi connectivity index (χ3v) is 7.05. The van der Waals surface area contributed by atoms with Gasteiger partial charge in [-0.25, -0.2) is 0 Å². The molecule has 3 heteroatoms. The summed E-state index contributed by atoms with van der Waals surface area (Å²) in [6.45, 7) is 14.3. The van der Waals surface area contributed by atoms with Crippen LogP contribution in [0.15, 0.2) is 24.8 Å². The second-order valence-corrected chi connectivity index (χ2v) is 8.67. The summed E-state index contributed by atoms with van der Waals surface area (Å²) in [7, 11) is 1.50. The molecule has 5 atom stereocenters. The van der Waals surface area contributed by atoms with Gasteiger partial charge in [-0.3, -0.25) is 4.79 Å². The van der Waals surface area contributed by atoms with Gasteiger partial charge in [0, 0.05) is 0 Å². The molecule has 0 aromatic carbocycles. The SMILES string of the molecule is C=C[C@](C)(O)CC[C@H]1C(=C)CC[C@@H]2[C@]1(C)CCC[C@]2(C)C(=O)OC. The van der Waals surface area contributed by atoms with Crippen molar-refractivity contribution in [3.63, 3.8) is 0 Å². The largest absolute Gasteiger partial charge is 0.469 e. The average Bonchev–Trinajstić information content (AvgIpc) is 2.53. The Hall–Kier alpha value is -1.09. The lowest BCUT2D eigenvalue weighted by Gasteiger charge is -2.57. The third kappa shape index (κ3) is 3.20. The van der Waals surface area contributed by atoms with Crippen molar-refractivity contribution in [1.82, 2.24) is 0 Å². The molecule has 0 heterocycles. The zero-order valence-corrected chi connectivity index (χ0v) is 15.9. The van der Waals surface area contributed by atoms with Gasteiger partial charge in [-0.05, 0) is 69.6 Å². The van der Waals surface area contributed by atoms with E-state index in [1.807, 2.05) is 6.92 Å². The van der Waals surface area contributed by atoms with Crippen LogP contribution in [0.25, 0.3) is 0 Å². The topological polar surface area (TPSA) is 46.5 Å². The van der Waals surface area contributed by atoms with E-state index in [1.165, 1.54) is 12.7 Å². The van der Waals surface area contributed by atoms with Crippen molar-refractivity contribution in [2.45, 2.75) is 71.3 Å². The molecular weight excluding hydrogens is 300 g/mol. The van der Waals surface area contributed by atoms with Gasteiger partial charge in [0.25, 0.3) is 0 Å². The average molecular weight is 335 g/mol. The third-order valence-electron chi connectivity index (χ3n) is 7.05. The van der Waals surface area contributed by atoms with Gasteiger partial charge in [-0.15, -0.1) is 6.58 Å². The first-order chi connectivity index (χ1) is 11.1. The van der Waals surface area contributed by atoms with Crippen LogP contribution in [0.4, 0.5) is 0 Å². The summed E-state index contributed by atoms with van der Waals surface area (Å²) in [6.07, 6.45) is 8.23. The minimum Gasteiger partial charge on any atom is -0.469 e. The number of carbonyl (C=O) groups excluding carboxylic acids is 1. The highest BCUT2D eigenvalue weighted by molar-refractivity contribution is 5.77. The molecule has 2 aliphatic carbocycles. The molecule has 0 aromatic heterocycles. The highest BCUT2D eigenvalue weighted by Crippen LogP contribution is 2.62. The number of methoxy groups -OCH3 is 1. The van der Waals surface area contributed by atoms with Crippen molar-refractivity contribution in [2.75, 3.05) is 7.11 Å². The summed E-state index contributed by atoms with van der Waals surface area (Å²) >= 11 is 0. The van der Waals surface area contributed by atoms with E-state index in [4.69, 9.17) is 4.74 Å². The molecule has 0 aromatic rings. The molecule has 0 aliphatic heterocycles. The van der Waals surface area contributed by atoms with E-state index in [9.17, 15) is 9.90 Å². The van der Waals surface area contributed by atoms with Gasteiger partial charge in [0.1, 0.15) is 0 Å². The van der Waals surface area contributed by atoms with E-state index in [2.05, 4.69) is 27.0 Å². The molecular formula is C21H34O3. The van der Waals surface area contributed by atoms with Gasteiger partial charge in [-0.2, -0.15) is 0 Å². The second kappa shape index (κ2) is 6.67. The van der Waals surface area contributed by atoms with Crippen molar-refractivity contribution >= 4 is 5.97 Å². The number of allylic oxidation sites excluding steroid dienone is 1. The minimum absolute atomic E-state index is 0.0494. The lowest BCUT2D eigenvalue weighted by Crippen LogP contribution is -2.53. The summed E-state index contributed by atoms with van der Waals surface area (Å²) < 4.78 is 5.17. The maximum absolute atomic E-state index is 12.5. The van der Waals surface area contributed by atoms with Crippen molar-refractivity contribution in [2.24, 2.45) is 22.7 Å². The Morgan fingerprint density at radius 3 is 2.71 bits per heavy atom. The smallest absolute Gasteiger partial charge is 0.311 e. The molecule has 0 bridgehead atoms. The highest BCUT2D eigenvalue weighted by atomic mass is 16.5. The van der Waals surface area contributed by atoms with Crippen molar-refractivity contribution in [3.8, 4) is 0 Å². The number of fused-ring (bicyclic) bond motifs is 1. The van der Waals surface area contributed by atoms with Crippen LogP contribution in [0, 0.1) is 22.7 Å². The molecule has 24 heavy (non-hydrogen) atoms. The summed E-state index contributed by atoms with van der Waals surface area (Å²) in [6, 6.07) is 0. The van der Waals surface area contributed by atoms with Crippen LogP contribution in [0.5, 0.6) is 0 Å². The molecule has 2 rings (SSSR count). The molecule has 0 radical (unpaired) electrons. The van der Waals surface area contributed by atoms with E-state index in [0.29, 0.717) is 18.3 Å². The van der Waals surface area contributed by atoms with E-state index >= 15 is 0 Å². The first kappa shape index (κ1) is 19.2. The zero-order valence-electron chi connectivity index (χ0n) is 15.9. The number of esters is 1. The molecule has 2 aliphatic rings. The highest BCUT2D eigenvalue weighted by Gasteiger charge is 2.57. The van der Waals surface area contributed by atoms with Crippen LogP contribution < -0.4 is 0 Å². The number of rotatable bonds is 5. The molecule has 0 saturated heterocycles. The predicted molar refractivity (Wildman–Crippen MR) is 97.5 cm³/mol. The number of carbonyl (C=O) groups is 1. The fraction of sp³-hybridized carbons (Fsp3) is 0.762. The number of hydrogen-bond acceptors (Lipinski definition) is 3. The van der Waals surface area contributed by atoms with Gasteiger partial charge in [-0.1, -0.05) is 31.6 Å². The standard InChI is InChI=1S/C21H34O3/c1-7-19(3,23)14-11-16-15(2)9-10-17-20(16,4)12-8-13-21(17,5)18(22)24-6/h7,16-17,23H,1-2,8-14H2,3-6H3/t16-,17+,19-,20+,21-/m0/s1. The number of hydrogen-bond donors (Lipinski definition) is 1. The Bertz CT molecular complexity index is 521. The van der Waals surface area contributed by atoms with Crippen LogP contribution in [-0.2, 0) is 9.53 Å². The molecule has 2 saturated carbocycles. The van der Waals surface area contributed by atoms with E-state index < -0.39 is 11.0 Å². The molecule has 3 nitrogen and oxygen atoms in total. The predicted octanol–water partition coefficient (Wildman–Crippen LogP) is 4.66. The summed E-state index contributed by atoms with van der Waals surface area (Å²) in [5, 5.41) is 10.3. The molecule has 0 amide bonds. The van der Waals surface area contributed by atoms with E-state index in [0.717, 1.165) is 38.5 Å². The van der Waals surface area contributed by atoms with Gasteiger partial charge >= 0.3 is 5.97 Å². The fourth-order valence-corrected chi connectivity index (χ4v) is 5.50. The first-order valence-electron chi connectivity index (χ1n) is 9.23. The van der Waals surface area contributed by atoms with Crippen LogP contribution in [0.1, 0.15) is 65.7 Å². The molecule has 0 unspecified atom stereocenters. The Morgan fingerprint density at radius 2 is 2.12 bits per heavy atom. The van der Waals surface area contributed by atoms with Crippen molar-refractivity contribution in [1.29, 1.82) is 0 Å². The Labute approximate surface area is 147 Å². The quantitative estimate of drug-likeness (QED) is 0.588. The number of aliphatic hydroxyl groups is 1. The maximum Gasteiger partial charge on any atom is 0.311 e. The monoisotopic (exact) mass is 334 g/mol. The Balaban J connectivity index is 2.30. The van der Waals surface area contributed by atoms with Crippen LogP contribution in [0.3, 0.4) is 0 Å². The second-order valence-electron chi connectivity index (χ2n) is 8.67. The fourth-order valence-electron chi connectivity index (χ4n) is 5.50. The van der Waals surface area contributed by atoms with Gasteiger partial charge in [0.05, 0.1) is 18.1 Å². The first-order valence-corrected chi connectivity index (χ1v) is 9.23. The van der Waals surface area contributed by atoms with E-state index in [1.54, 1.807) is 6.08 Å². The molecule has 2 fully saturated rings. The van der Waals surface area contributed by atoms with E-state index in [-0.39, 0.29) is 11.4 Å². The lowest BCUT2D eigenvalue weighted by molar-refractivity contribution is -0.168. The van der Waals surface area contributed by atoms with Gasteiger partial charge in [0.15, 0.2) is 0 Å². The van der Waals surface area contributed by atoms with Crippen LogP contribution in [0.2, 0.25) is 0 Å². The Kier molecular flexibility index (Phi) is 5.34. The van der Waals surface area contributed by atoms with Crippen LogP contribution in [-0.4, -0.2) is 23.8 Å². The summed E-state index contributed by atoms with van der Waals surface area (Å²) in [5.41, 5.74) is 0.0852. The molecule has 0 spiro atoms. The summed E-state index contributed by atoms with van der Waals surface area (Å²) in [4.78, 5) is 12.5. The molecule has 136 valence electrons. The number of ether oxygens (including phenoxy) is 1. The molecule has 1 N–H and O–H groups in total. The van der Waals surface area contributed by atoms with Gasteiger partial charge in [0.2, 0.25) is 0 Å². The van der Waals surface area contributed by atoms with Crippen molar-refractivity contribution in [3.05, 3.63) is 24.8 Å². The van der Waals surface area contributed by atoms with Gasteiger partial charge < -0.3 is 9.84 Å². The Morgan fingerprint density at radius 1 is 1.46 bits per heavy atom. The lowest BCUT2D eigenvalue weighted by atomic mass is 9.46. The van der Waals surface area contributed by atoms with Crippen molar-refractivity contribution < 1.29 is 14.6 Å². The zero-order chi connectivity index (χ0) is 18.2. The minimum atomic E-state index is -0.843.